The molecule has 3 N–H and O–H groups in total. The highest BCUT2D eigenvalue weighted by Gasteiger charge is 2.28. The fraction of sp³-hybridized carbons (Fsp3) is 0.611. The molecule has 2 rings (SSSR count). The Labute approximate surface area is 165 Å². The van der Waals surface area contributed by atoms with Crippen molar-refractivity contribution in [1.29, 1.82) is 0 Å². The fourth-order valence-electron chi connectivity index (χ4n) is 2.34. The van der Waals surface area contributed by atoms with Crippen LogP contribution in [0, 0.1) is 5.92 Å². The van der Waals surface area contributed by atoms with Crippen LogP contribution < -0.4 is 15.8 Å². The lowest BCUT2D eigenvalue weighted by Gasteiger charge is -2.33. The van der Waals surface area contributed by atoms with E-state index in [1.54, 1.807) is 0 Å². The van der Waals surface area contributed by atoms with Crippen molar-refractivity contribution >= 4 is 41.8 Å². The number of hydrogen-bond acceptors (Lipinski definition) is 5. The lowest BCUT2D eigenvalue weighted by atomic mass is 9.88. The van der Waals surface area contributed by atoms with Gasteiger partial charge in [0.05, 0.1) is 10.1 Å². The van der Waals surface area contributed by atoms with Crippen molar-refractivity contribution in [3.8, 4) is 5.75 Å². The van der Waals surface area contributed by atoms with Gasteiger partial charge in [-0.3, -0.25) is 4.79 Å². The second-order valence-corrected chi connectivity index (χ2v) is 9.33. The summed E-state index contributed by atoms with van der Waals surface area (Å²) in [6.45, 7) is 6.47. The Morgan fingerprint density at radius 3 is 2.44 bits per heavy atom. The van der Waals surface area contributed by atoms with Crippen LogP contribution in [-0.2, 0) is 4.79 Å². The SMILES string of the molecule is CC(C)C(C)(CN)NC(=O)COc1ccc(C2SCCCS2)cc1.Cl. The number of halogens is 1. The minimum atomic E-state index is -0.403. The minimum Gasteiger partial charge on any atom is -0.484 e. The van der Waals surface area contributed by atoms with E-state index < -0.39 is 5.54 Å². The summed E-state index contributed by atoms with van der Waals surface area (Å²) in [5.41, 5.74) is 6.71. The highest BCUT2D eigenvalue weighted by Crippen LogP contribution is 2.43. The summed E-state index contributed by atoms with van der Waals surface area (Å²) in [4.78, 5) is 12.1. The number of nitrogens with one attached hydrogen (secondary N) is 1. The van der Waals surface area contributed by atoms with Gasteiger partial charge in [0, 0.05) is 6.54 Å². The van der Waals surface area contributed by atoms with Gasteiger partial charge in [-0.15, -0.1) is 35.9 Å². The number of carbonyl (C=O) groups is 1. The van der Waals surface area contributed by atoms with Gasteiger partial charge in [-0.25, -0.2) is 0 Å². The number of benzene rings is 1. The van der Waals surface area contributed by atoms with Crippen molar-refractivity contribution < 1.29 is 9.53 Å². The second-order valence-electron chi connectivity index (χ2n) is 6.61. The van der Waals surface area contributed by atoms with E-state index >= 15 is 0 Å². The third kappa shape index (κ3) is 6.59. The highest BCUT2D eigenvalue weighted by atomic mass is 35.5. The zero-order chi connectivity index (χ0) is 17.6. The van der Waals surface area contributed by atoms with Crippen molar-refractivity contribution in [3.05, 3.63) is 29.8 Å². The van der Waals surface area contributed by atoms with E-state index in [9.17, 15) is 4.79 Å². The van der Waals surface area contributed by atoms with Crippen LogP contribution in [0.15, 0.2) is 24.3 Å². The molecule has 0 aliphatic carbocycles. The largest absolute Gasteiger partial charge is 0.484 e. The van der Waals surface area contributed by atoms with Crippen LogP contribution in [0.1, 0.15) is 37.3 Å². The predicted molar refractivity (Wildman–Crippen MR) is 112 cm³/mol. The molecule has 1 fully saturated rings. The maximum atomic E-state index is 12.1. The maximum Gasteiger partial charge on any atom is 0.258 e. The number of carbonyl (C=O) groups excluding carboxylic acids is 1. The van der Waals surface area contributed by atoms with Crippen molar-refractivity contribution in [2.75, 3.05) is 24.7 Å². The average Bonchev–Trinajstić information content (AvgIpc) is 2.61. The number of thioether (sulfide) groups is 2. The first-order valence-corrected chi connectivity index (χ1v) is 10.5. The van der Waals surface area contributed by atoms with E-state index in [4.69, 9.17) is 10.5 Å². The maximum absolute atomic E-state index is 12.1. The molecular formula is C18H29ClN2O2S2. The smallest absolute Gasteiger partial charge is 0.258 e. The Morgan fingerprint density at radius 1 is 1.32 bits per heavy atom. The van der Waals surface area contributed by atoms with Crippen LogP contribution in [0.2, 0.25) is 0 Å². The third-order valence-electron chi connectivity index (χ3n) is 4.47. The van der Waals surface area contributed by atoms with Crippen LogP contribution in [0.5, 0.6) is 5.75 Å². The normalized spacial score (nSPS) is 17.5. The molecule has 4 nitrogen and oxygen atoms in total. The molecular weight excluding hydrogens is 376 g/mol. The Morgan fingerprint density at radius 2 is 1.92 bits per heavy atom. The Bertz CT molecular complexity index is 536. The second kappa shape index (κ2) is 10.6. The molecule has 25 heavy (non-hydrogen) atoms. The van der Waals surface area contributed by atoms with Gasteiger partial charge in [-0.1, -0.05) is 26.0 Å². The number of ether oxygens (including phenoxy) is 1. The summed E-state index contributed by atoms with van der Waals surface area (Å²) < 4.78 is 6.13. The van der Waals surface area contributed by atoms with Crippen molar-refractivity contribution in [1.82, 2.24) is 5.32 Å². The van der Waals surface area contributed by atoms with Gasteiger partial charge >= 0.3 is 0 Å². The standard InChI is InChI=1S/C18H28N2O2S2.ClH/c1-13(2)18(3,12-19)20-16(21)11-22-15-7-5-14(6-8-15)17-23-9-4-10-24-17;/h5-8,13,17H,4,9-12,19H2,1-3H3,(H,20,21);1H. The van der Waals surface area contributed by atoms with E-state index in [0.29, 0.717) is 11.1 Å². The van der Waals surface area contributed by atoms with Gasteiger partial charge < -0.3 is 15.8 Å². The number of rotatable bonds is 7. The van der Waals surface area contributed by atoms with Gasteiger partial charge in [0.15, 0.2) is 6.61 Å². The van der Waals surface area contributed by atoms with Gasteiger partial charge in [-0.2, -0.15) is 0 Å². The summed E-state index contributed by atoms with van der Waals surface area (Å²) in [5, 5.41) is 2.98. The Kier molecular flexibility index (Phi) is 9.49. The molecule has 1 aromatic carbocycles. The molecule has 0 spiro atoms. The molecule has 0 saturated carbocycles. The fourth-order valence-corrected chi connectivity index (χ4v) is 5.23. The zero-order valence-corrected chi connectivity index (χ0v) is 17.6. The van der Waals surface area contributed by atoms with Crippen LogP contribution in [-0.4, -0.2) is 36.1 Å². The van der Waals surface area contributed by atoms with Gasteiger partial charge in [0.1, 0.15) is 5.75 Å². The quantitative estimate of drug-likeness (QED) is 0.722. The lowest BCUT2D eigenvalue weighted by molar-refractivity contribution is -0.125. The van der Waals surface area contributed by atoms with Gasteiger partial charge in [-0.05, 0) is 48.5 Å². The topological polar surface area (TPSA) is 64.3 Å². The van der Waals surface area contributed by atoms with E-state index in [0.717, 1.165) is 5.75 Å². The third-order valence-corrected chi connectivity index (χ3v) is 7.49. The molecule has 0 bridgehead atoms. The van der Waals surface area contributed by atoms with E-state index in [-0.39, 0.29) is 30.8 Å². The number of amides is 1. The van der Waals surface area contributed by atoms with Gasteiger partial charge in [0.25, 0.3) is 5.91 Å². The first kappa shape index (κ1) is 22.5. The van der Waals surface area contributed by atoms with E-state index in [2.05, 4.69) is 17.4 Å². The molecule has 1 aliphatic heterocycles. The molecule has 142 valence electrons. The van der Waals surface area contributed by atoms with Gasteiger partial charge in [0.2, 0.25) is 0 Å². The summed E-state index contributed by atoms with van der Waals surface area (Å²) in [6.07, 6.45) is 1.29. The predicted octanol–water partition coefficient (Wildman–Crippen LogP) is 3.85. The molecule has 1 aromatic rings. The molecule has 1 aliphatic rings. The van der Waals surface area contributed by atoms with E-state index in [1.165, 1.54) is 23.5 Å². The van der Waals surface area contributed by atoms with Crippen LogP contribution in [0.4, 0.5) is 0 Å². The molecule has 1 atom stereocenters. The first-order valence-electron chi connectivity index (χ1n) is 8.41. The summed E-state index contributed by atoms with van der Waals surface area (Å²) in [5.74, 6) is 3.30. The Hall–Kier alpha value is -0.560. The highest BCUT2D eigenvalue weighted by molar-refractivity contribution is 8.16. The zero-order valence-electron chi connectivity index (χ0n) is 15.1. The van der Waals surface area contributed by atoms with Crippen molar-refractivity contribution in [2.24, 2.45) is 11.7 Å². The molecule has 1 unspecified atom stereocenters. The number of nitrogens with two attached hydrogens (primary N) is 1. The Balaban J connectivity index is 0.00000312. The molecule has 0 radical (unpaired) electrons. The minimum absolute atomic E-state index is 0. The van der Waals surface area contributed by atoms with Crippen molar-refractivity contribution in [3.63, 3.8) is 0 Å². The molecule has 1 saturated heterocycles. The molecule has 1 amide bonds. The van der Waals surface area contributed by atoms with Crippen molar-refractivity contribution in [2.45, 2.75) is 37.3 Å². The van der Waals surface area contributed by atoms with Crippen LogP contribution in [0.3, 0.4) is 0 Å². The first-order chi connectivity index (χ1) is 11.4. The van der Waals surface area contributed by atoms with E-state index in [1.807, 2.05) is 56.4 Å². The summed E-state index contributed by atoms with van der Waals surface area (Å²) >= 11 is 4.00. The monoisotopic (exact) mass is 404 g/mol. The summed E-state index contributed by atoms with van der Waals surface area (Å²) in [7, 11) is 0. The molecule has 1 heterocycles. The number of hydrogen-bond donors (Lipinski definition) is 2. The van der Waals surface area contributed by atoms with Crippen LogP contribution in [0.25, 0.3) is 0 Å². The molecule has 0 aromatic heterocycles. The lowest BCUT2D eigenvalue weighted by Crippen LogP contribution is -2.56. The average molecular weight is 405 g/mol. The van der Waals surface area contributed by atoms with Crippen LogP contribution >= 0.6 is 35.9 Å². The summed E-state index contributed by atoms with van der Waals surface area (Å²) in [6, 6.07) is 8.09. The molecule has 7 heteroatoms.